The highest BCUT2D eigenvalue weighted by molar-refractivity contribution is 5.94. The molecule has 0 saturated carbocycles. The first-order valence-electron chi connectivity index (χ1n) is 10.4. The molecule has 2 aliphatic rings. The predicted molar refractivity (Wildman–Crippen MR) is 112 cm³/mol. The molecule has 1 amide bonds. The minimum atomic E-state index is -0.0530. The fourth-order valence-electron chi connectivity index (χ4n) is 4.25. The predicted octanol–water partition coefficient (Wildman–Crippen LogP) is 0.343. The number of piperazine rings is 1. The van der Waals surface area contributed by atoms with E-state index in [-0.39, 0.29) is 11.9 Å². The highest BCUT2D eigenvalue weighted by Crippen LogP contribution is 2.32. The van der Waals surface area contributed by atoms with Crippen LogP contribution in [0, 0.1) is 13.8 Å². The van der Waals surface area contributed by atoms with Crippen LogP contribution in [0.3, 0.4) is 0 Å². The fraction of sp³-hybridized carbons (Fsp3) is 0.435. The number of aryl methyl sites for hydroxylation is 2. The SMILES string of the molecule is Cc1ccc(NC(=O)[C@H](C)[NH+]2CC[NH+](Cc3ccc4c(c3)OCO4)CC2)c(C)c1. The monoisotopic (exact) mass is 397 g/mol. The number of amides is 1. The van der Waals surface area contributed by atoms with E-state index >= 15 is 0 Å². The van der Waals surface area contributed by atoms with Gasteiger partial charge in [0.2, 0.25) is 6.79 Å². The van der Waals surface area contributed by atoms with Gasteiger partial charge in [-0.1, -0.05) is 17.7 Å². The second-order valence-electron chi connectivity index (χ2n) is 8.30. The molecule has 6 heteroatoms. The maximum Gasteiger partial charge on any atom is 0.282 e. The number of hydrogen-bond donors (Lipinski definition) is 3. The van der Waals surface area contributed by atoms with Crippen LogP contribution in [0.15, 0.2) is 36.4 Å². The number of benzene rings is 2. The molecule has 2 aromatic carbocycles. The normalized spacial score (nSPS) is 21.6. The molecule has 154 valence electrons. The molecule has 0 aliphatic carbocycles. The van der Waals surface area contributed by atoms with E-state index < -0.39 is 0 Å². The number of fused-ring (bicyclic) bond motifs is 1. The van der Waals surface area contributed by atoms with Crippen molar-refractivity contribution in [2.24, 2.45) is 0 Å². The topological polar surface area (TPSA) is 56.4 Å². The van der Waals surface area contributed by atoms with Gasteiger partial charge in [-0.05, 0) is 50.6 Å². The fourth-order valence-corrected chi connectivity index (χ4v) is 4.25. The lowest BCUT2D eigenvalue weighted by atomic mass is 10.1. The Kier molecular flexibility index (Phi) is 5.74. The van der Waals surface area contributed by atoms with Gasteiger partial charge in [0.1, 0.15) is 32.7 Å². The Morgan fingerprint density at radius 1 is 1.03 bits per heavy atom. The Balaban J connectivity index is 1.29. The van der Waals surface area contributed by atoms with Crippen molar-refractivity contribution in [3.8, 4) is 11.5 Å². The number of carbonyl (C=O) groups is 1. The molecular weight excluding hydrogens is 366 g/mol. The Morgan fingerprint density at radius 3 is 2.55 bits per heavy atom. The standard InChI is InChI=1S/C23H29N3O3/c1-16-4-6-20(17(2)12-16)24-23(27)18(3)26-10-8-25(9-11-26)14-19-5-7-21-22(13-19)29-15-28-21/h4-7,12-13,18H,8-11,14-15H2,1-3H3,(H,24,27)/p+2/t18-/m0/s1. The summed E-state index contributed by atoms with van der Waals surface area (Å²) in [7, 11) is 0. The van der Waals surface area contributed by atoms with Gasteiger partial charge in [-0.2, -0.15) is 0 Å². The number of quaternary nitrogens is 2. The number of nitrogens with one attached hydrogen (secondary N) is 3. The molecule has 3 N–H and O–H groups in total. The lowest BCUT2D eigenvalue weighted by Gasteiger charge is -2.32. The summed E-state index contributed by atoms with van der Waals surface area (Å²) < 4.78 is 10.9. The second kappa shape index (κ2) is 8.43. The summed E-state index contributed by atoms with van der Waals surface area (Å²) in [5.74, 6) is 1.79. The van der Waals surface area contributed by atoms with E-state index in [1.165, 1.54) is 16.0 Å². The first-order valence-corrected chi connectivity index (χ1v) is 10.4. The van der Waals surface area contributed by atoms with E-state index in [0.29, 0.717) is 6.79 Å². The molecule has 2 aromatic rings. The maximum absolute atomic E-state index is 12.8. The number of ether oxygens (including phenoxy) is 2. The van der Waals surface area contributed by atoms with Crippen LogP contribution < -0.4 is 24.6 Å². The van der Waals surface area contributed by atoms with Crippen LogP contribution in [0.1, 0.15) is 23.6 Å². The Labute approximate surface area is 172 Å². The van der Waals surface area contributed by atoms with Gasteiger partial charge in [0.05, 0.1) is 0 Å². The van der Waals surface area contributed by atoms with Gasteiger partial charge in [-0.3, -0.25) is 4.79 Å². The van der Waals surface area contributed by atoms with E-state index in [1.807, 2.05) is 32.0 Å². The van der Waals surface area contributed by atoms with Gasteiger partial charge in [0, 0.05) is 11.3 Å². The molecule has 0 bridgehead atoms. The number of carbonyl (C=O) groups excluding carboxylic acids is 1. The van der Waals surface area contributed by atoms with Crippen molar-refractivity contribution < 1.29 is 24.1 Å². The molecule has 2 aliphatic heterocycles. The zero-order valence-corrected chi connectivity index (χ0v) is 17.5. The smallest absolute Gasteiger partial charge is 0.282 e. The molecule has 1 saturated heterocycles. The third kappa shape index (κ3) is 4.54. The van der Waals surface area contributed by atoms with Crippen molar-refractivity contribution in [1.82, 2.24) is 0 Å². The minimum absolute atomic E-state index is 0.0530. The second-order valence-corrected chi connectivity index (χ2v) is 8.30. The van der Waals surface area contributed by atoms with Crippen molar-refractivity contribution in [3.05, 3.63) is 53.1 Å². The Hall–Kier alpha value is -2.57. The lowest BCUT2D eigenvalue weighted by Crippen LogP contribution is -3.29. The summed E-state index contributed by atoms with van der Waals surface area (Å²) in [5.41, 5.74) is 4.51. The zero-order chi connectivity index (χ0) is 20.4. The lowest BCUT2D eigenvalue weighted by molar-refractivity contribution is -1.02. The van der Waals surface area contributed by atoms with E-state index in [2.05, 4.69) is 30.4 Å². The highest BCUT2D eigenvalue weighted by atomic mass is 16.7. The van der Waals surface area contributed by atoms with Crippen molar-refractivity contribution in [2.45, 2.75) is 33.4 Å². The van der Waals surface area contributed by atoms with Crippen molar-refractivity contribution in [3.63, 3.8) is 0 Å². The van der Waals surface area contributed by atoms with Gasteiger partial charge >= 0.3 is 0 Å². The number of anilines is 1. The van der Waals surface area contributed by atoms with Gasteiger partial charge in [0.25, 0.3) is 5.91 Å². The number of rotatable bonds is 5. The molecule has 29 heavy (non-hydrogen) atoms. The van der Waals surface area contributed by atoms with Crippen molar-refractivity contribution >= 4 is 11.6 Å². The van der Waals surface area contributed by atoms with Crippen molar-refractivity contribution in [2.75, 3.05) is 38.3 Å². The molecule has 1 fully saturated rings. The third-order valence-corrected chi connectivity index (χ3v) is 6.14. The van der Waals surface area contributed by atoms with E-state index in [1.54, 1.807) is 4.90 Å². The van der Waals surface area contributed by atoms with Crippen LogP contribution in [0.5, 0.6) is 11.5 Å². The molecule has 0 unspecified atom stereocenters. The van der Waals surface area contributed by atoms with Gasteiger partial charge in [0.15, 0.2) is 17.5 Å². The van der Waals surface area contributed by atoms with Gasteiger partial charge in [-0.25, -0.2) is 0 Å². The molecular formula is C23H31N3O3+2. The van der Waals surface area contributed by atoms with E-state index in [9.17, 15) is 4.79 Å². The van der Waals surface area contributed by atoms with Crippen LogP contribution in [0.2, 0.25) is 0 Å². The summed E-state index contributed by atoms with van der Waals surface area (Å²) in [6.07, 6.45) is 0. The van der Waals surface area contributed by atoms with Gasteiger partial charge < -0.3 is 24.6 Å². The first kappa shape index (κ1) is 19.7. The maximum atomic E-state index is 12.8. The number of hydrogen-bond acceptors (Lipinski definition) is 3. The summed E-state index contributed by atoms with van der Waals surface area (Å²) in [6.45, 7) is 11.6. The molecule has 2 heterocycles. The summed E-state index contributed by atoms with van der Waals surface area (Å²) in [4.78, 5) is 15.7. The summed E-state index contributed by atoms with van der Waals surface area (Å²) >= 11 is 0. The van der Waals surface area contributed by atoms with Crippen LogP contribution in [-0.4, -0.2) is 44.9 Å². The summed E-state index contributed by atoms with van der Waals surface area (Å²) in [5, 5.41) is 3.12. The molecule has 4 rings (SSSR count). The van der Waals surface area contributed by atoms with Crippen molar-refractivity contribution in [1.29, 1.82) is 0 Å². The molecule has 0 aromatic heterocycles. The molecule has 6 nitrogen and oxygen atoms in total. The van der Waals surface area contributed by atoms with Crippen LogP contribution in [0.4, 0.5) is 5.69 Å². The van der Waals surface area contributed by atoms with Crippen LogP contribution in [0.25, 0.3) is 0 Å². The quantitative estimate of drug-likeness (QED) is 0.682. The van der Waals surface area contributed by atoms with Crippen LogP contribution >= 0.6 is 0 Å². The minimum Gasteiger partial charge on any atom is -0.454 e. The third-order valence-electron chi connectivity index (χ3n) is 6.14. The molecule has 0 radical (unpaired) electrons. The average Bonchev–Trinajstić information content (AvgIpc) is 3.18. The Bertz CT molecular complexity index is 891. The highest BCUT2D eigenvalue weighted by Gasteiger charge is 2.31. The Morgan fingerprint density at radius 2 is 1.79 bits per heavy atom. The summed E-state index contributed by atoms with van der Waals surface area (Å²) in [6, 6.07) is 12.3. The first-order chi connectivity index (χ1) is 14.0. The van der Waals surface area contributed by atoms with E-state index in [4.69, 9.17) is 9.47 Å². The zero-order valence-electron chi connectivity index (χ0n) is 17.5. The van der Waals surface area contributed by atoms with Crippen LogP contribution in [-0.2, 0) is 11.3 Å². The average molecular weight is 398 g/mol. The van der Waals surface area contributed by atoms with E-state index in [0.717, 1.165) is 55.5 Å². The molecule has 1 atom stereocenters. The van der Waals surface area contributed by atoms with Gasteiger partial charge in [-0.15, -0.1) is 0 Å². The largest absolute Gasteiger partial charge is 0.454 e. The molecule has 0 spiro atoms.